The highest BCUT2D eigenvalue weighted by Gasteiger charge is 2.44. The molecule has 0 spiro atoms. The van der Waals surface area contributed by atoms with Crippen molar-refractivity contribution in [2.45, 2.75) is 31.7 Å². The highest BCUT2D eigenvalue weighted by Crippen LogP contribution is 2.38. The average molecular weight is 289 g/mol. The van der Waals surface area contributed by atoms with Gasteiger partial charge in [0.2, 0.25) is 0 Å². The SMILES string of the molecule is N#Cc1ccc2ncn(C[C@H]3CC(=O)CCC3(F)F)c2c1. The largest absolute Gasteiger partial charge is 0.330 e. The summed E-state index contributed by atoms with van der Waals surface area (Å²) in [5, 5.41) is 8.92. The van der Waals surface area contributed by atoms with Gasteiger partial charge in [0.1, 0.15) is 5.78 Å². The molecule has 0 unspecified atom stereocenters. The van der Waals surface area contributed by atoms with Crippen LogP contribution in [0.3, 0.4) is 0 Å². The van der Waals surface area contributed by atoms with Crippen molar-refractivity contribution >= 4 is 16.8 Å². The Hall–Kier alpha value is -2.29. The van der Waals surface area contributed by atoms with Gasteiger partial charge < -0.3 is 4.57 Å². The number of hydrogen-bond acceptors (Lipinski definition) is 3. The number of halogens is 2. The lowest BCUT2D eigenvalue weighted by atomic mass is 9.84. The molecule has 0 bridgehead atoms. The number of carbonyl (C=O) groups is 1. The smallest absolute Gasteiger partial charge is 0.253 e. The summed E-state index contributed by atoms with van der Waals surface area (Å²) >= 11 is 0. The molecule has 3 rings (SSSR count). The number of fused-ring (bicyclic) bond motifs is 1. The molecular weight excluding hydrogens is 276 g/mol. The van der Waals surface area contributed by atoms with Crippen LogP contribution in [-0.2, 0) is 11.3 Å². The number of ketones is 1. The molecule has 0 aliphatic heterocycles. The summed E-state index contributed by atoms with van der Waals surface area (Å²) in [5.41, 5.74) is 1.75. The number of imidazole rings is 1. The van der Waals surface area contributed by atoms with Gasteiger partial charge in [0.15, 0.2) is 0 Å². The fraction of sp³-hybridized carbons (Fsp3) is 0.400. The minimum atomic E-state index is -2.84. The highest BCUT2D eigenvalue weighted by molar-refractivity contribution is 5.80. The molecule has 1 fully saturated rings. The van der Waals surface area contributed by atoms with E-state index in [9.17, 15) is 13.6 Å². The minimum Gasteiger partial charge on any atom is -0.330 e. The molecule has 1 saturated carbocycles. The molecule has 2 aromatic rings. The van der Waals surface area contributed by atoms with Crippen molar-refractivity contribution < 1.29 is 13.6 Å². The van der Waals surface area contributed by atoms with Gasteiger partial charge in [-0.2, -0.15) is 5.26 Å². The Kier molecular flexibility index (Phi) is 3.20. The van der Waals surface area contributed by atoms with Crippen molar-refractivity contribution in [1.82, 2.24) is 9.55 Å². The average Bonchev–Trinajstić information content (AvgIpc) is 2.85. The van der Waals surface area contributed by atoms with E-state index in [-0.39, 0.29) is 31.6 Å². The van der Waals surface area contributed by atoms with E-state index in [1.807, 2.05) is 6.07 Å². The van der Waals surface area contributed by atoms with Crippen molar-refractivity contribution in [3.63, 3.8) is 0 Å². The second kappa shape index (κ2) is 4.92. The molecule has 1 aromatic carbocycles. The van der Waals surface area contributed by atoms with Gasteiger partial charge in [-0.1, -0.05) is 0 Å². The molecule has 0 N–H and O–H groups in total. The molecule has 4 nitrogen and oxygen atoms in total. The Morgan fingerprint density at radius 3 is 3.05 bits per heavy atom. The van der Waals surface area contributed by atoms with E-state index < -0.39 is 11.8 Å². The second-order valence-electron chi connectivity index (χ2n) is 5.41. The number of aromatic nitrogens is 2. The normalized spacial score (nSPS) is 21.4. The molecule has 21 heavy (non-hydrogen) atoms. The fourth-order valence-corrected chi connectivity index (χ4v) is 2.74. The lowest BCUT2D eigenvalue weighted by Gasteiger charge is -2.30. The molecule has 108 valence electrons. The van der Waals surface area contributed by atoms with Gasteiger partial charge in [0.05, 0.1) is 29.0 Å². The lowest BCUT2D eigenvalue weighted by Crippen LogP contribution is -2.38. The predicted octanol–water partition coefficient (Wildman–Crippen LogP) is 2.91. The Balaban J connectivity index is 1.94. The maximum absolute atomic E-state index is 13.9. The summed E-state index contributed by atoms with van der Waals surface area (Å²) in [6.07, 6.45) is 0.949. The number of benzene rings is 1. The Morgan fingerprint density at radius 2 is 2.29 bits per heavy atom. The summed E-state index contributed by atoms with van der Waals surface area (Å²) in [6, 6.07) is 6.98. The van der Waals surface area contributed by atoms with E-state index in [1.54, 1.807) is 22.8 Å². The van der Waals surface area contributed by atoms with Crippen LogP contribution in [-0.4, -0.2) is 21.3 Å². The first-order valence-electron chi connectivity index (χ1n) is 6.74. The summed E-state index contributed by atoms with van der Waals surface area (Å²) in [4.78, 5) is 15.6. The molecule has 1 aliphatic carbocycles. The van der Waals surface area contributed by atoms with Gasteiger partial charge in [-0.05, 0) is 18.2 Å². The third kappa shape index (κ3) is 2.51. The van der Waals surface area contributed by atoms with Crippen molar-refractivity contribution in [3.8, 4) is 6.07 Å². The lowest BCUT2D eigenvalue weighted by molar-refractivity contribution is -0.138. The maximum atomic E-state index is 13.9. The molecule has 0 saturated heterocycles. The van der Waals surface area contributed by atoms with E-state index >= 15 is 0 Å². The van der Waals surface area contributed by atoms with Crippen LogP contribution in [0.5, 0.6) is 0 Å². The first-order chi connectivity index (χ1) is 9.99. The third-order valence-electron chi connectivity index (χ3n) is 3.98. The Labute approximate surface area is 120 Å². The number of Topliss-reactive ketones (excluding diaryl/α,β-unsaturated/α-hetero) is 1. The zero-order valence-corrected chi connectivity index (χ0v) is 11.2. The fourth-order valence-electron chi connectivity index (χ4n) is 2.74. The molecule has 0 radical (unpaired) electrons. The van der Waals surface area contributed by atoms with Crippen LogP contribution in [0, 0.1) is 17.2 Å². The standard InChI is InChI=1S/C15H13F2N3O/c16-15(17)4-3-12(21)6-11(15)8-20-9-19-13-2-1-10(7-18)5-14(13)20/h1-2,5,9,11H,3-4,6,8H2/t11-/m1/s1. The molecule has 1 aromatic heterocycles. The Bertz CT molecular complexity index is 745. The molecular formula is C15H13F2N3O. The van der Waals surface area contributed by atoms with Crippen LogP contribution >= 0.6 is 0 Å². The van der Waals surface area contributed by atoms with E-state index in [0.29, 0.717) is 16.6 Å². The number of carbonyl (C=O) groups excluding carboxylic acids is 1. The zero-order valence-electron chi connectivity index (χ0n) is 11.2. The first kappa shape index (κ1) is 13.7. The van der Waals surface area contributed by atoms with Crippen LogP contribution in [0.25, 0.3) is 11.0 Å². The monoisotopic (exact) mass is 289 g/mol. The Morgan fingerprint density at radius 1 is 1.48 bits per heavy atom. The molecule has 0 amide bonds. The van der Waals surface area contributed by atoms with Gasteiger partial charge in [-0.15, -0.1) is 0 Å². The second-order valence-corrected chi connectivity index (χ2v) is 5.41. The number of nitrogens with zero attached hydrogens (tertiary/aromatic N) is 3. The van der Waals surface area contributed by atoms with Crippen LogP contribution < -0.4 is 0 Å². The van der Waals surface area contributed by atoms with Crippen LogP contribution in [0.4, 0.5) is 8.78 Å². The van der Waals surface area contributed by atoms with E-state index in [0.717, 1.165) is 0 Å². The molecule has 1 aliphatic rings. The minimum absolute atomic E-state index is 0.0319. The van der Waals surface area contributed by atoms with Crippen LogP contribution in [0.1, 0.15) is 24.8 Å². The van der Waals surface area contributed by atoms with Crippen LogP contribution in [0.2, 0.25) is 0 Å². The predicted molar refractivity (Wildman–Crippen MR) is 71.7 cm³/mol. The summed E-state index contributed by atoms with van der Waals surface area (Å²) < 4.78 is 29.5. The van der Waals surface area contributed by atoms with E-state index in [4.69, 9.17) is 5.26 Å². The van der Waals surface area contributed by atoms with Gasteiger partial charge in [-0.3, -0.25) is 4.79 Å². The van der Waals surface area contributed by atoms with Crippen LogP contribution in [0.15, 0.2) is 24.5 Å². The van der Waals surface area contributed by atoms with E-state index in [1.165, 1.54) is 6.33 Å². The third-order valence-corrected chi connectivity index (χ3v) is 3.98. The molecule has 1 heterocycles. The summed E-state index contributed by atoms with van der Waals surface area (Å²) in [5.74, 6) is -3.97. The number of rotatable bonds is 2. The van der Waals surface area contributed by atoms with Gasteiger partial charge in [-0.25, -0.2) is 13.8 Å². The maximum Gasteiger partial charge on any atom is 0.253 e. The number of nitriles is 1. The quantitative estimate of drug-likeness (QED) is 0.854. The van der Waals surface area contributed by atoms with Gasteiger partial charge >= 0.3 is 0 Å². The van der Waals surface area contributed by atoms with Crippen molar-refractivity contribution in [2.24, 2.45) is 5.92 Å². The summed E-state index contributed by atoms with van der Waals surface area (Å²) in [6.45, 7) is 0.0319. The van der Waals surface area contributed by atoms with Gasteiger partial charge in [0.25, 0.3) is 5.92 Å². The zero-order chi connectivity index (χ0) is 15.0. The van der Waals surface area contributed by atoms with Crippen molar-refractivity contribution in [2.75, 3.05) is 0 Å². The number of hydrogen-bond donors (Lipinski definition) is 0. The molecule has 1 atom stereocenters. The topological polar surface area (TPSA) is 58.7 Å². The highest BCUT2D eigenvalue weighted by atomic mass is 19.3. The summed E-state index contributed by atoms with van der Waals surface area (Å²) in [7, 11) is 0. The first-order valence-corrected chi connectivity index (χ1v) is 6.74. The van der Waals surface area contributed by atoms with Crippen molar-refractivity contribution in [1.29, 1.82) is 5.26 Å². The van der Waals surface area contributed by atoms with Crippen molar-refractivity contribution in [3.05, 3.63) is 30.1 Å². The number of alkyl halides is 2. The van der Waals surface area contributed by atoms with Gasteiger partial charge in [0, 0.05) is 31.7 Å². The molecule has 6 heteroatoms. The van der Waals surface area contributed by atoms with E-state index in [2.05, 4.69) is 4.98 Å².